The maximum atomic E-state index is 3.61. The van der Waals surface area contributed by atoms with E-state index in [0.717, 1.165) is 5.92 Å². The van der Waals surface area contributed by atoms with Crippen molar-refractivity contribution in [2.45, 2.75) is 19.3 Å². The predicted octanol–water partition coefficient (Wildman–Crippen LogP) is 0.624. The summed E-state index contributed by atoms with van der Waals surface area (Å²) >= 11 is 0. The van der Waals surface area contributed by atoms with Crippen molar-refractivity contribution in [1.29, 1.82) is 0 Å². The van der Waals surface area contributed by atoms with Gasteiger partial charge in [-0.05, 0) is 58.4 Å². The number of nitrogens with zero attached hydrogens (tertiary/aromatic N) is 2. The fourth-order valence-corrected chi connectivity index (χ4v) is 2.74. The van der Waals surface area contributed by atoms with Crippen molar-refractivity contribution in [3.8, 4) is 0 Å². The van der Waals surface area contributed by atoms with Gasteiger partial charge in [0.05, 0.1) is 0 Å². The summed E-state index contributed by atoms with van der Waals surface area (Å²) in [6, 6.07) is 0. The van der Waals surface area contributed by atoms with Gasteiger partial charge in [0.25, 0.3) is 0 Å². The van der Waals surface area contributed by atoms with E-state index >= 15 is 0 Å². The average molecular weight is 211 g/mol. The Kier molecular flexibility index (Phi) is 4.42. The predicted molar refractivity (Wildman–Crippen MR) is 64.1 cm³/mol. The van der Waals surface area contributed by atoms with Gasteiger partial charge in [-0.1, -0.05) is 0 Å². The molecule has 3 heteroatoms. The molecule has 1 atom stereocenters. The lowest BCUT2D eigenvalue weighted by molar-refractivity contribution is 0.328. The van der Waals surface area contributed by atoms with Gasteiger partial charge in [0.1, 0.15) is 0 Å². The molecule has 0 aromatic heterocycles. The first-order chi connectivity index (χ1) is 7.34. The number of likely N-dealkylation sites (tertiary alicyclic amines) is 2. The van der Waals surface area contributed by atoms with E-state index in [9.17, 15) is 0 Å². The molecular formula is C12H25N3. The molecule has 0 aromatic carbocycles. The molecule has 2 fully saturated rings. The van der Waals surface area contributed by atoms with Crippen LogP contribution in [-0.2, 0) is 0 Å². The maximum Gasteiger partial charge on any atom is 0.0107 e. The van der Waals surface area contributed by atoms with E-state index in [1.54, 1.807) is 0 Å². The van der Waals surface area contributed by atoms with Crippen molar-refractivity contribution >= 4 is 0 Å². The molecule has 0 radical (unpaired) electrons. The van der Waals surface area contributed by atoms with Crippen molar-refractivity contribution in [3.63, 3.8) is 0 Å². The standard InChI is InChI=1S/C12H25N3/c1-14-8-4-12(11-14)10-13-5-9-15-6-2-3-7-15/h12-13H,2-11H2,1H3. The Labute approximate surface area is 93.8 Å². The number of nitrogens with one attached hydrogen (secondary N) is 1. The topological polar surface area (TPSA) is 18.5 Å². The highest BCUT2D eigenvalue weighted by atomic mass is 15.2. The summed E-state index contributed by atoms with van der Waals surface area (Å²) in [5, 5.41) is 3.61. The quantitative estimate of drug-likeness (QED) is 0.673. The minimum absolute atomic E-state index is 0.897. The summed E-state index contributed by atoms with van der Waals surface area (Å²) in [4.78, 5) is 5.01. The highest BCUT2D eigenvalue weighted by Gasteiger charge is 2.18. The van der Waals surface area contributed by atoms with Crippen LogP contribution < -0.4 is 5.32 Å². The summed E-state index contributed by atoms with van der Waals surface area (Å²) in [7, 11) is 2.23. The van der Waals surface area contributed by atoms with Gasteiger partial charge in [-0.2, -0.15) is 0 Å². The van der Waals surface area contributed by atoms with Gasteiger partial charge in [-0.15, -0.1) is 0 Å². The molecule has 0 saturated carbocycles. The lowest BCUT2D eigenvalue weighted by atomic mass is 10.1. The van der Waals surface area contributed by atoms with Gasteiger partial charge in [-0.3, -0.25) is 0 Å². The van der Waals surface area contributed by atoms with Crippen molar-refractivity contribution in [2.24, 2.45) is 5.92 Å². The normalized spacial score (nSPS) is 29.0. The van der Waals surface area contributed by atoms with E-state index in [4.69, 9.17) is 0 Å². The third-order valence-electron chi connectivity index (χ3n) is 3.73. The van der Waals surface area contributed by atoms with Crippen LogP contribution in [-0.4, -0.2) is 62.7 Å². The van der Waals surface area contributed by atoms with Crippen molar-refractivity contribution in [2.75, 3.05) is 52.9 Å². The van der Waals surface area contributed by atoms with Crippen LogP contribution in [0.25, 0.3) is 0 Å². The minimum Gasteiger partial charge on any atom is -0.315 e. The molecule has 0 spiro atoms. The zero-order valence-corrected chi connectivity index (χ0v) is 10.0. The highest BCUT2D eigenvalue weighted by Crippen LogP contribution is 2.12. The van der Waals surface area contributed by atoms with Crippen LogP contribution in [0.1, 0.15) is 19.3 Å². The molecular weight excluding hydrogens is 186 g/mol. The molecule has 2 aliphatic rings. The molecule has 1 unspecified atom stereocenters. The Bertz CT molecular complexity index is 178. The molecule has 0 aliphatic carbocycles. The fourth-order valence-electron chi connectivity index (χ4n) is 2.74. The first-order valence-corrected chi connectivity index (χ1v) is 6.46. The Hall–Kier alpha value is -0.120. The fraction of sp³-hybridized carbons (Fsp3) is 1.00. The lowest BCUT2D eigenvalue weighted by Crippen LogP contribution is -2.33. The van der Waals surface area contributed by atoms with Crippen molar-refractivity contribution in [1.82, 2.24) is 15.1 Å². The Morgan fingerprint density at radius 1 is 1.20 bits per heavy atom. The zero-order chi connectivity index (χ0) is 10.5. The Morgan fingerprint density at radius 2 is 2.00 bits per heavy atom. The maximum absolute atomic E-state index is 3.61. The summed E-state index contributed by atoms with van der Waals surface area (Å²) in [6.45, 7) is 8.89. The first-order valence-electron chi connectivity index (χ1n) is 6.46. The minimum atomic E-state index is 0.897. The molecule has 15 heavy (non-hydrogen) atoms. The number of rotatable bonds is 5. The van der Waals surface area contributed by atoms with Crippen LogP contribution in [0.5, 0.6) is 0 Å². The molecule has 0 amide bonds. The average Bonchev–Trinajstić information content (AvgIpc) is 2.84. The van der Waals surface area contributed by atoms with Gasteiger partial charge < -0.3 is 15.1 Å². The van der Waals surface area contributed by atoms with Crippen LogP contribution in [0.3, 0.4) is 0 Å². The Morgan fingerprint density at radius 3 is 2.67 bits per heavy atom. The van der Waals surface area contributed by atoms with E-state index in [1.807, 2.05) is 0 Å². The summed E-state index contributed by atoms with van der Waals surface area (Å²) in [5.74, 6) is 0.897. The van der Waals surface area contributed by atoms with E-state index < -0.39 is 0 Å². The Balaban J connectivity index is 1.48. The molecule has 0 bridgehead atoms. The second-order valence-electron chi connectivity index (χ2n) is 5.17. The molecule has 1 N–H and O–H groups in total. The number of hydrogen-bond donors (Lipinski definition) is 1. The van der Waals surface area contributed by atoms with Crippen molar-refractivity contribution < 1.29 is 0 Å². The van der Waals surface area contributed by atoms with Gasteiger partial charge in [0, 0.05) is 19.6 Å². The molecule has 88 valence electrons. The van der Waals surface area contributed by atoms with E-state index in [0.29, 0.717) is 0 Å². The molecule has 3 nitrogen and oxygen atoms in total. The molecule has 0 aromatic rings. The third-order valence-corrected chi connectivity index (χ3v) is 3.73. The van der Waals surface area contributed by atoms with Crippen LogP contribution >= 0.6 is 0 Å². The third kappa shape index (κ3) is 3.74. The van der Waals surface area contributed by atoms with Gasteiger partial charge in [0.2, 0.25) is 0 Å². The van der Waals surface area contributed by atoms with Crippen LogP contribution in [0.2, 0.25) is 0 Å². The van der Waals surface area contributed by atoms with Crippen LogP contribution in [0.15, 0.2) is 0 Å². The zero-order valence-electron chi connectivity index (χ0n) is 10.0. The van der Waals surface area contributed by atoms with E-state index in [2.05, 4.69) is 22.2 Å². The second kappa shape index (κ2) is 5.83. The second-order valence-corrected chi connectivity index (χ2v) is 5.17. The van der Waals surface area contributed by atoms with Crippen LogP contribution in [0.4, 0.5) is 0 Å². The van der Waals surface area contributed by atoms with Gasteiger partial charge in [-0.25, -0.2) is 0 Å². The molecule has 2 aliphatic heterocycles. The van der Waals surface area contributed by atoms with Crippen molar-refractivity contribution in [3.05, 3.63) is 0 Å². The van der Waals surface area contributed by atoms with E-state index in [-0.39, 0.29) is 0 Å². The highest BCUT2D eigenvalue weighted by molar-refractivity contribution is 4.75. The largest absolute Gasteiger partial charge is 0.315 e. The summed E-state index contributed by atoms with van der Waals surface area (Å²) in [5.41, 5.74) is 0. The van der Waals surface area contributed by atoms with E-state index in [1.165, 1.54) is 65.1 Å². The summed E-state index contributed by atoms with van der Waals surface area (Å²) in [6.07, 6.45) is 4.20. The van der Waals surface area contributed by atoms with Gasteiger partial charge in [0.15, 0.2) is 0 Å². The SMILES string of the molecule is CN1CCC(CNCCN2CCCC2)C1. The van der Waals surface area contributed by atoms with Crippen LogP contribution in [0, 0.1) is 5.92 Å². The molecule has 2 rings (SSSR count). The smallest absolute Gasteiger partial charge is 0.0107 e. The monoisotopic (exact) mass is 211 g/mol. The lowest BCUT2D eigenvalue weighted by Gasteiger charge is -2.16. The summed E-state index contributed by atoms with van der Waals surface area (Å²) < 4.78 is 0. The van der Waals surface area contributed by atoms with Gasteiger partial charge >= 0.3 is 0 Å². The first kappa shape index (κ1) is 11.4. The number of hydrogen-bond acceptors (Lipinski definition) is 3. The molecule has 2 heterocycles. The molecule has 2 saturated heterocycles.